The molecule has 0 heterocycles. The van der Waals surface area contributed by atoms with Gasteiger partial charge in [-0.1, -0.05) is 19.3 Å². The molecule has 1 aromatic carbocycles. The van der Waals surface area contributed by atoms with Gasteiger partial charge in [0.2, 0.25) is 21.8 Å². The quantitative estimate of drug-likeness (QED) is 0.443. The van der Waals surface area contributed by atoms with Crippen molar-refractivity contribution in [3.63, 3.8) is 0 Å². The van der Waals surface area contributed by atoms with Gasteiger partial charge in [-0.25, -0.2) is 13.1 Å². The number of sulfonamides is 1. The third-order valence-corrected chi connectivity index (χ3v) is 6.49. The lowest BCUT2D eigenvalue weighted by molar-refractivity contribution is -0.126. The molecule has 1 aliphatic carbocycles. The highest BCUT2D eigenvalue weighted by Gasteiger charge is 2.20. The third-order valence-electron chi connectivity index (χ3n) is 5.03. The maximum atomic E-state index is 12.4. The summed E-state index contributed by atoms with van der Waals surface area (Å²) in [5.74, 6) is 0.559. The Kier molecular flexibility index (Phi) is 9.38. The first-order valence-electron chi connectivity index (χ1n) is 10.1. The predicted octanol–water partition coefficient (Wildman–Crippen LogP) is 1.18. The normalized spacial score (nSPS) is 14.7. The van der Waals surface area contributed by atoms with Gasteiger partial charge in [-0.05, 0) is 25.0 Å². The SMILES string of the molecule is COc1ccc(S(=O)(=O)NCCC(=O)NCCNC(=O)C2CCCCC2)cc1OC. The van der Waals surface area contributed by atoms with Crippen LogP contribution in [-0.4, -0.2) is 54.1 Å². The molecule has 168 valence electrons. The van der Waals surface area contributed by atoms with Gasteiger partial charge in [0.05, 0.1) is 19.1 Å². The van der Waals surface area contributed by atoms with Crippen molar-refractivity contribution < 1.29 is 27.5 Å². The largest absolute Gasteiger partial charge is 0.493 e. The summed E-state index contributed by atoms with van der Waals surface area (Å²) >= 11 is 0. The molecule has 9 nitrogen and oxygen atoms in total. The number of methoxy groups -OCH3 is 2. The molecule has 0 aliphatic heterocycles. The van der Waals surface area contributed by atoms with E-state index in [4.69, 9.17) is 9.47 Å². The van der Waals surface area contributed by atoms with Crippen LogP contribution in [0.15, 0.2) is 23.1 Å². The van der Waals surface area contributed by atoms with E-state index in [9.17, 15) is 18.0 Å². The van der Waals surface area contributed by atoms with E-state index in [0.717, 1.165) is 25.7 Å². The maximum absolute atomic E-state index is 12.4. The number of amides is 2. The summed E-state index contributed by atoms with van der Waals surface area (Å²) in [5.41, 5.74) is 0. The molecule has 2 amide bonds. The highest BCUT2D eigenvalue weighted by Crippen LogP contribution is 2.29. The number of carbonyl (C=O) groups excluding carboxylic acids is 2. The van der Waals surface area contributed by atoms with Crippen molar-refractivity contribution in [1.29, 1.82) is 0 Å². The Balaban J connectivity index is 1.68. The number of hydrogen-bond acceptors (Lipinski definition) is 6. The van der Waals surface area contributed by atoms with Crippen molar-refractivity contribution >= 4 is 21.8 Å². The van der Waals surface area contributed by atoms with Crippen molar-refractivity contribution in [3.05, 3.63) is 18.2 Å². The molecule has 1 aromatic rings. The topological polar surface area (TPSA) is 123 Å². The van der Waals surface area contributed by atoms with E-state index in [1.165, 1.54) is 38.8 Å². The zero-order valence-corrected chi connectivity index (χ0v) is 18.3. The molecule has 0 atom stereocenters. The van der Waals surface area contributed by atoms with Gasteiger partial charge < -0.3 is 20.1 Å². The molecule has 0 bridgehead atoms. The summed E-state index contributed by atoms with van der Waals surface area (Å²) in [7, 11) is -0.902. The molecule has 1 fully saturated rings. The Bertz CT molecular complexity index is 822. The van der Waals surface area contributed by atoms with Gasteiger partial charge in [0.25, 0.3) is 0 Å². The standard InChI is InChI=1S/C20H31N3O6S/c1-28-17-9-8-16(14-18(17)29-2)30(26,27)23-11-10-19(24)21-12-13-22-20(25)15-6-4-3-5-7-15/h8-9,14-15,23H,3-7,10-13H2,1-2H3,(H,21,24)(H,22,25). The molecule has 0 aromatic heterocycles. The van der Waals surface area contributed by atoms with Gasteiger partial charge in [-0.2, -0.15) is 0 Å². The van der Waals surface area contributed by atoms with Crippen molar-refractivity contribution in [2.24, 2.45) is 5.92 Å². The number of nitrogens with one attached hydrogen (secondary N) is 3. The van der Waals surface area contributed by atoms with E-state index >= 15 is 0 Å². The second kappa shape index (κ2) is 11.8. The van der Waals surface area contributed by atoms with Gasteiger partial charge in [0.15, 0.2) is 11.5 Å². The number of benzene rings is 1. The molecular weight excluding hydrogens is 410 g/mol. The van der Waals surface area contributed by atoms with Crippen molar-refractivity contribution in [3.8, 4) is 11.5 Å². The van der Waals surface area contributed by atoms with Crippen molar-refractivity contribution in [2.75, 3.05) is 33.9 Å². The average molecular weight is 442 g/mol. The Labute approximate surface area is 177 Å². The minimum atomic E-state index is -3.78. The summed E-state index contributed by atoms with van der Waals surface area (Å²) in [6, 6.07) is 4.26. The molecular formula is C20H31N3O6S. The summed E-state index contributed by atoms with van der Waals surface area (Å²) in [4.78, 5) is 23.9. The summed E-state index contributed by atoms with van der Waals surface area (Å²) in [6.45, 7) is 0.620. The van der Waals surface area contributed by atoms with Crippen LogP contribution in [0.3, 0.4) is 0 Å². The molecule has 1 saturated carbocycles. The molecule has 0 saturated heterocycles. The van der Waals surface area contributed by atoms with E-state index in [-0.39, 0.29) is 35.6 Å². The maximum Gasteiger partial charge on any atom is 0.240 e. The molecule has 3 N–H and O–H groups in total. The molecule has 30 heavy (non-hydrogen) atoms. The van der Waals surface area contributed by atoms with Crippen LogP contribution in [0, 0.1) is 5.92 Å². The predicted molar refractivity (Wildman–Crippen MR) is 112 cm³/mol. The van der Waals surface area contributed by atoms with E-state index in [0.29, 0.717) is 24.6 Å². The van der Waals surface area contributed by atoms with Crippen LogP contribution < -0.4 is 24.8 Å². The van der Waals surface area contributed by atoms with Crippen LogP contribution in [0.2, 0.25) is 0 Å². The van der Waals surface area contributed by atoms with Gasteiger partial charge in [-0.3, -0.25) is 9.59 Å². The van der Waals surface area contributed by atoms with Crippen LogP contribution in [-0.2, 0) is 19.6 Å². The van der Waals surface area contributed by atoms with E-state index in [1.54, 1.807) is 0 Å². The zero-order chi connectivity index (χ0) is 22.0. The van der Waals surface area contributed by atoms with Crippen LogP contribution in [0.5, 0.6) is 11.5 Å². The fourth-order valence-corrected chi connectivity index (χ4v) is 4.40. The van der Waals surface area contributed by atoms with Gasteiger partial charge in [0, 0.05) is 38.0 Å². The van der Waals surface area contributed by atoms with Crippen molar-refractivity contribution in [1.82, 2.24) is 15.4 Å². The van der Waals surface area contributed by atoms with Gasteiger partial charge in [0.1, 0.15) is 0 Å². The molecule has 0 radical (unpaired) electrons. The van der Waals surface area contributed by atoms with Crippen molar-refractivity contribution in [2.45, 2.75) is 43.4 Å². The first-order chi connectivity index (χ1) is 14.4. The second-order valence-electron chi connectivity index (χ2n) is 7.14. The zero-order valence-electron chi connectivity index (χ0n) is 17.5. The lowest BCUT2D eigenvalue weighted by Crippen LogP contribution is -2.38. The van der Waals surface area contributed by atoms with Crippen LogP contribution in [0.4, 0.5) is 0 Å². The highest BCUT2D eigenvalue weighted by atomic mass is 32.2. The van der Waals surface area contributed by atoms with E-state index < -0.39 is 10.0 Å². The van der Waals surface area contributed by atoms with E-state index in [1.807, 2.05) is 0 Å². The summed E-state index contributed by atoms with van der Waals surface area (Å²) < 4.78 is 37.4. The minimum absolute atomic E-state index is 0.0108. The molecule has 2 rings (SSSR count). The lowest BCUT2D eigenvalue weighted by atomic mass is 9.89. The fraction of sp³-hybridized carbons (Fsp3) is 0.600. The van der Waals surface area contributed by atoms with Gasteiger partial charge >= 0.3 is 0 Å². The van der Waals surface area contributed by atoms with Crippen LogP contribution >= 0.6 is 0 Å². The van der Waals surface area contributed by atoms with Crippen LogP contribution in [0.1, 0.15) is 38.5 Å². The Hall–Kier alpha value is -2.33. The Morgan fingerprint density at radius 1 is 0.967 bits per heavy atom. The number of hydrogen-bond donors (Lipinski definition) is 3. The molecule has 0 unspecified atom stereocenters. The number of carbonyl (C=O) groups is 2. The lowest BCUT2D eigenvalue weighted by Gasteiger charge is -2.20. The van der Waals surface area contributed by atoms with Crippen LogP contribution in [0.25, 0.3) is 0 Å². The second-order valence-corrected chi connectivity index (χ2v) is 8.91. The first kappa shape index (κ1) is 23.9. The number of ether oxygens (including phenoxy) is 2. The molecule has 1 aliphatic rings. The first-order valence-corrected chi connectivity index (χ1v) is 11.6. The highest BCUT2D eigenvalue weighted by molar-refractivity contribution is 7.89. The Morgan fingerprint density at radius 3 is 2.30 bits per heavy atom. The minimum Gasteiger partial charge on any atom is -0.493 e. The Morgan fingerprint density at radius 2 is 1.63 bits per heavy atom. The monoisotopic (exact) mass is 441 g/mol. The third kappa shape index (κ3) is 7.17. The summed E-state index contributed by atoms with van der Waals surface area (Å²) in [6.07, 6.45) is 5.22. The molecule has 0 spiro atoms. The molecule has 10 heteroatoms. The van der Waals surface area contributed by atoms with E-state index in [2.05, 4.69) is 15.4 Å². The van der Waals surface area contributed by atoms with Gasteiger partial charge in [-0.15, -0.1) is 0 Å². The number of rotatable bonds is 11. The summed E-state index contributed by atoms with van der Waals surface area (Å²) in [5, 5.41) is 5.52. The smallest absolute Gasteiger partial charge is 0.240 e. The fourth-order valence-electron chi connectivity index (χ4n) is 3.35. The average Bonchev–Trinajstić information content (AvgIpc) is 2.76.